The molecule has 0 aromatic heterocycles. The molecule has 0 radical (unpaired) electrons. The van der Waals surface area contributed by atoms with Gasteiger partial charge in [0.1, 0.15) is 11.5 Å². The van der Waals surface area contributed by atoms with Crippen molar-refractivity contribution in [2.24, 2.45) is 5.73 Å². The van der Waals surface area contributed by atoms with Gasteiger partial charge in [0.25, 0.3) is 0 Å². The molecule has 6 nitrogen and oxygen atoms in total. The molecule has 0 unspecified atom stereocenters. The maximum Gasteiger partial charge on any atom is 0.248 e. The summed E-state index contributed by atoms with van der Waals surface area (Å²) in [4.78, 5) is 11.0. The maximum absolute atomic E-state index is 11.7. The van der Waals surface area contributed by atoms with Crippen LogP contribution < -0.4 is 15.2 Å². The number of amides is 1. The fraction of sp³-hybridized carbons (Fsp3) is 0.0714. The maximum atomic E-state index is 11.7. The molecule has 0 heterocycles. The van der Waals surface area contributed by atoms with Gasteiger partial charge >= 0.3 is 0 Å². The molecule has 0 aliphatic carbocycles. The lowest BCUT2D eigenvalue weighted by Crippen LogP contribution is -2.18. The Morgan fingerprint density at radius 2 is 1.82 bits per heavy atom. The van der Waals surface area contributed by atoms with Gasteiger partial charge in [-0.3, -0.25) is 4.79 Å². The van der Waals surface area contributed by atoms with Crippen LogP contribution in [-0.4, -0.2) is 21.4 Å². The SMILES string of the molecule is CNS(=O)(=O)c1ccc(Oc2ccc(C(N)=O)cc2)c(Cl)c1. The van der Waals surface area contributed by atoms with Crippen LogP contribution in [0, 0.1) is 0 Å². The van der Waals surface area contributed by atoms with Crippen LogP contribution in [0.15, 0.2) is 47.4 Å². The van der Waals surface area contributed by atoms with E-state index >= 15 is 0 Å². The molecule has 2 aromatic carbocycles. The highest BCUT2D eigenvalue weighted by Crippen LogP contribution is 2.31. The Kier molecular flexibility index (Phi) is 4.70. The molecule has 0 saturated carbocycles. The molecule has 8 heteroatoms. The number of carbonyl (C=O) groups is 1. The monoisotopic (exact) mass is 340 g/mol. The number of halogens is 1. The van der Waals surface area contributed by atoms with Gasteiger partial charge in [-0.2, -0.15) is 0 Å². The predicted molar refractivity (Wildman–Crippen MR) is 82.7 cm³/mol. The molecule has 2 aromatic rings. The van der Waals surface area contributed by atoms with Crippen molar-refractivity contribution >= 4 is 27.5 Å². The highest BCUT2D eigenvalue weighted by Gasteiger charge is 2.14. The minimum atomic E-state index is -3.57. The Labute approximate surface area is 132 Å². The molecule has 1 amide bonds. The molecule has 3 N–H and O–H groups in total. The summed E-state index contributed by atoms with van der Waals surface area (Å²) in [5, 5.41) is 0.148. The molecule has 0 bridgehead atoms. The third-order valence-electron chi connectivity index (χ3n) is 2.85. The Bertz CT molecular complexity index is 804. The number of nitrogens with one attached hydrogen (secondary N) is 1. The van der Waals surface area contributed by atoms with Gasteiger partial charge in [-0.1, -0.05) is 11.6 Å². The number of carbonyl (C=O) groups excluding carboxylic acids is 1. The average molecular weight is 341 g/mol. The van der Waals surface area contributed by atoms with Crippen molar-refractivity contribution in [2.45, 2.75) is 4.90 Å². The summed E-state index contributed by atoms with van der Waals surface area (Å²) in [7, 11) is -2.25. The zero-order valence-corrected chi connectivity index (χ0v) is 13.1. The highest BCUT2D eigenvalue weighted by molar-refractivity contribution is 7.89. The first-order chi connectivity index (χ1) is 10.3. The molecule has 0 aliphatic rings. The van der Waals surface area contributed by atoms with Crippen molar-refractivity contribution in [3.05, 3.63) is 53.1 Å². The number of primary amides is 1. The minimum Gasteiger partial charge on any atom is -0.456 e. The van der Waals surface area contributed by atoms with E-state index < -0.39 is 15.9 Å². The molecule has 0 spiro atoms. The van der Waals surface area contributed by atoms with Crippen LogP contribution >= 0.6 is 11.6 Å². The first kappa shape index (κ1) is 16.3. The summed E-state index contributed by atoms with van der Waals surface area (Å²) >= 11 is 6.03. The third kappa shape index (κ3) is 3.56. The lowest BCUT2D eigenvalue weighted by Gasteiger charge is -2.09. The first-order valence-electron chi connectivity index (χ1n) is 6.14. The van der Waals surface area contributed by atoms with E-state index in [-0.39, 0.29) is 9.92 Å². The van der Waals surface area contributed by atoms with Crippen molar-refractivity contribution in [3.8, 4) is 11.5 Å². The van der Waals surface area contributed by atoms with Crippen LogP contribution in [0.5, 0.6) is 11.5 Å². The van der Waals surface area contributed by atoms with Crippen LogP contribution in [0.2, 0.25) is 5.02 Å². The summed E-state index contributed by atoms with van der Waals surface area (Å²) in [6.07, 6.45) is 0. The highest BCUT2D eigenvalue weighted by atomic mass is 35.5. The van der Waals surface area contributed by atoms with E-state index in [1.54, 1.807) is 12.1 Å². The van der Waals surface area contributed by atoms with Gasteiger partial charge in [0.05, 0.1) is 9.92 Å². The van der Waals surface area contributed by atoms with Gasteiger partial charge in [0, 0.05) is 5.56 Å². The summed E-state index contributed by atoms with van der Waals surface area (Å²) in [6, 6.07) is 10.3. The lowest BCUT2D eigenvalue weighted by molar-refractivity contribution is 0.100. The van der Waals surface area contributed by atoms with E-state index in [9.17, 15) is 13.2 Å². The second kappa shape index (κ2) is 6.35. The fourth-order valence-electron chi connectivity index (χ4n) is 1.66. The number of sulfonamides is 1. The van der Waals surface area contributed by atoms with Crippen LogP contribution in [0.3, 0.4) is 0 Å². The zero-order chi connectivity index (χ0) is 16.3. The molecule has 0 fully saturated rings. The number of nitrogens with two attached hydrogens (primary N) is 1. The predicted octanol–water partition coefficient (Wildman–Crippen LogP) is 2.14. The summed E-state index contributed by atoms with van der Waals surface area (Å²) in [5.74, 6) is 0.200. The van der Waals surface area contributed by atoms with Crippen molar-refractivity contribution in [3.63, 3.8) is 0 Å². The van der Waals surface area contributed by atoms with Gasteiger partial charge in [-0.05, 0) is 49.5 Å². The standard InChI is InChI=1S/C14H13ClN2O4S/c1-17-22(19,20)11-6-7-13(12(15)8-11)21-10-4-2-9(3-5-10)14(16)18/h2-8,17H,1H3,(H2,16,18). The van der Waals surface area contributed by atoms with Gasteiger partial charge in [-0.25, -0.2) is 13.1 Å². The normalized spacial score (nSPS) is 11.2. The van der Waals surface area contributed by atoms with Gasteiger partial charge in [0.15, 0.2) is 0 Å². The number of benzene rings is 2. The topological polar surface area (TPSA) is 98.5 Å². The van der Waals surface area contributed by atoms with E-state index in [2.05, 4.69) is 4.72 Å². The van der Waals surface area contributed by atoms with Gasteiger partial charge in [-0.15, -0.1) is 0 Å². The van der Waals surface area contributed by atoms with Crippen molar-refractivity contribution < 1.29 is 17.9 Å². The van der Waals surface area contributed by atoms with Gasteiger partial charge in [0.2, 0.25) is 15.9 Å². The van der Waals surface area contributed by atoms with E-state index in [0.29, 0.717) is 17.1 Å². The number of hydrogen-bond acceptors (Lipinski definition) is 4. The van der Waals surface area contributed by atoms with Crippen LogP contribution in [0.4, 0.5) is 0 Å². The number of ether oxygens (including phenoxy) is 1. The summed E-state index contributed by atoms with van der Waals surface area (Å²) in [5.41, 5.74) is 5.50. The molecule has 0 aliphatic heterocycles. The average Bonchev–Trinajstić information content (AvgIpc) is 2.49. The third-order valence-corrected chi connectivity index (χ3v) is 4.56. The van der Waals surface area contributed by atoms with E-state index in [0.717, 1.165) is 0 Å². The van der Waals surface area contributed by atoms with E-state index in [1.165, 1.54) is 37.4 Å². The van der Waals surface area contributed by atoms with Crippen molar-refractivity contribution in [2.75, 3.05) is 7.05 Å². The summed E-state index contributed by atoms with van der Waals surface area (Å²) < 4.78 is 31.1. The van der Waals surface area contributed by atoms with Crippen molar-refractivity contribution in [1.82, 2.24) is 4.72 Å². The molecule has 2 rings (SSSR count). The quantitative estimate of drug-likeness (QED) is 0.871. The zero-order valence-electron chi connectivity index (χ0n) is 11.5. The lowest BCUT2D eigenvalue weighted by atomic mass is 10.2. The molecular formula is C14H13ClN2O4S. The van der Waals surface area contributed by atoms with Crippen molar-refractivity contribution in [1.29, 1.82) is 0 Å². The number of hydrogen-bond donors (Lipinski definition) is 2. The van der Waals surface area contributed by atoms with Crippen LogP contribution in [0.1, 0.15) is 10.4 Å². The molecular weight excluding hydrogens is 328 g/mol. The molecule has 116 valence electrons. The van der Waals surface area contributed by atoms with Crippen LogP contribution in [-0.2, 0) is 10.0 Å². The van der Waals surface area contributed by atoms with Gasteiger partial charge < -0.3 is 10.5 Å². The van der Waals surface area contributed by atoms with E-state index in [1.807, 2.05) is 0 Å². The largest absolute Gasteiger partial charge is 0.456 e. The first-order valence-corrected chi connectivity index (χ1v) is 8.00. The summed E-state index contributed by atoms with van der Waals surface area (Å²) in [6.45, 7) is 0. The Balaban J connectivity index is 2.25. The minimum absolute atomic E-state index is 0.0384. The second-order valence-corrected chi connectivity index (χ2v) is 6.58. The smallest absolute Gasteiger partial charge is 0.248 e. The Hall–Kier alpha value is -2.09. The molecule has 0 saturated heterocycles. The number of rotatable bonds is 5. The molecule has 22 heavy (non-hydrogen) atoms. The van der Waals surface area contributed by atoms with Crippen LogP contribution in [0.25, 0.3) is 0 Å². The van der Waals surface area contributed by atoms with E-state index in [4.69, 9.17) is 22.1 Å². The second-order valence-electron chi connectivity index (χ2n) is 4.29. The fourth-order valence-corrected chi connectivity index (χ4v) is 2.70. The molecule has 0 atom stereocenters. The Morgan fingerprint density at radius 3 is 2.32 bits per heavy atom. The Morgan fingerprint density at radius 1 is 1.18 bits per heavy atom.